The van der Waals surface area contributed by atoms with Gasteiger partial charge in [0.05, 0.1) is 12.2 Å². The summed E-state index contributed by atoms with van der Waals surface area (Å²) in [4.78, 5) is 12.8. The van der Waals surface area contributed by atoms with Crippen LogP contribution >= 0.6 is 0 Å². The fourth-order valence-corrected chi connectivity index (χ4v) is 3.07. The number of hydrogen-bond acceptors (Lipinski definition) is 3. The standard InChI is InChI=1S/C18H17F3N2O2/c19-18(20,21)14-5-7-15(8-6-14)23-10-12(11-25-17(22)24)9-13-3-1-2-4-16(13)23/h1-8,12H,9-11H2,(H2,22,24). The lowest BCUT2D eigenvalue weighted by Gasteiger charge is -2.36. The van der Waals surface area contributed by atoms with Crippen molar-refractivity contribution in [2.75, 3.05) is 18.1 Å². The molecule has 1 unspecified atom stereocenters. The molecule has 0 saturated carbocycles. The van der Waals surface area contributed by atoms with E-state index in [0.29, 0.717) is 18.7 Å². The molecule has 132 valence electrons. The third-order valence-corrected chi connectivity index (χ3v) is 4.20. The predicted octanol–water partition coefficient (Wildman–Crippen LogP) is 4.11. The molecule has 2 N–H and O–H groups in total. The maximum absolute atomic E-state index is 12.8. The quantitative estimate of drug-likeness (QED) is 0.906. The molecule has 7 heteroatoms. The number of fused-ring (bicyclic) bond motifs is 1. The fraction of sp³-hybridized carbons (Fsp3) is 0.278. The molecule has 4 nitrogen and oxygen atoms in total. The number of halogens is 3. The van der Waals surface area contributed by atoms with Gasteiger partial charge >= 0.3 is 12.3 Å². The van der Waals surface area contributed by atoms with Gasteiger partial charge in [-0.05, 0) is 42.3 Å². The molecule has 0 radical (unpaired) electrons. The van der Waals surface area contributed by atoms with Crippen LogP contribution in [0.2, 0.25) is 0 Å². The van der Waals surface area contributed by atoms with Gasteiger partial charge in [-0.3, -0.25) is 0 Å². The van der Waals surface area contributed by atoms with E-state index < -0.39 is 17.8 Å². The Labute approximate surface area is 143 Å². The maximum Gasteiger partial charge on any atom is 0.416 e. The Morgan fingerprint density at radius 1 is 1.16 bits per heavy atom. The van der Waals surface area contributed by atoms with Crippen LogP contribution in [0, 0.1) is 5.92 Å². The van der Waals surface area contributed by atoms with Crippen molar-refractivity contribution in [3.05, 3.63) is 59.7 Å². The van der Waals surface area contributed by atoms with E-state index in [1.54, 1.807) is 0 Å². The van der Waals surface area contributed by atoms with E-state index in [0.717, 1.165) is 23.4 Å². The van der Waals surface area contributed by atoms with E-state index in [-0.39, 0.29) is 12.5 Å². The van der Waals surface area contributed by atoms with Crippen LogP contribution in [0.15, 0.2) is 48.5 Å². The Morgan fingerprint density at radius 2 is 1.84 bits per heavy atom. The van der Waals surface area contributed by atoms with Crippen LogP contribution in [0.25, 0.3) is 0 Å². The topological polar surface area (TPSA) is 55.6 Å². The third kappa shape index (κ3) is 3.87. The van der Waals surface area contributed by atoms with E-state index >= 15 is 0 Å². The number of amides is 1. The SMILES string of the molecule is NC(=O)OCC1Cc2ccccc2N(c2ccc(C(F)(F)F)cc2)C1. The molecule has 0 spiro atoms. The molecule has 0 aliphatic carbocycles. The van der Waals surface area contributed by atoms with Crippen LogP contribution < -0.4 is 10.6 Å². The molecule has 0 fully saturated rings. The van der Waals surface area contributed by atoms with E-state index in [9.17, 15) is 18.0 Å². The van der Waals surface area contributed by atoms with Gasteiger partial charge in [0, 0.05) is 23.8 Å². The van der Waals surface area contributed by atoms with Gasteiger partial charge in [-0.2, -0.15) is 13.2 Å². The second-order valence-electron chi connectivity index (χ2n) is 5.98. The summed E-state index contributed by atoms with van der Waals surface area (Å²) in [6.07, 6.45) is -4.49. The van der Waals surface area contributed by atoms with Crippen LogP contribution in [-0.2, 0) is 17.3 Å². The molecular weight excluding hydrogens is 333 g/mol. The predicted molar refractivity (Wildman–Crippen MR) is 87.6 cm³/mol. The van der Waals surface area contributed by atoms with Crippen molar-refractivity contribution >= 4 is 17.5 Å². The largest absolute Gasteiger partial charge is 0.449 e. The molecule has 1 atom stereocenters. The highest BCUT2D eigenvalue weighted by Gasteiger charge is 2.31. The molecule has 1 heterocycles. The van der Waals surface area contributed by atoms with Crippen molar-refractivity contribution in [2.45, 2.75) is 12.6 Å². The Bertz CT molecular complexity index is 760. The Hall–Kier alpha value is -2.70. The summed E-state index contributed by atoms with van der Waals surface area (Å²) in [6.45, 7) is 0.691. The number of ether oxygens (including phenoxy) is 1. The molecule has 1 aliphatic heterocycles. The van der Waals surface area contributed by atoms with Crippen molar-refractivity contribution in [3.8, 4) is 0 Å². The first-order chi connectivity index (χ1) is 11.8. The number of para-hydroxylation sites is 1. The molecule has 2 aromatic rings. The molecule has 1 amide bonds. The zero-order chi connectivity index (χ0) is 18.0. The molecule has 2 aromatic carbocycles. The van der Waals surface area contributed by atoms with E-state index in [1.807, 2.05) is 29.2 Å². The molecule has 0 bridgehead atoms. The van der Waals surface area contributed by atoms with Crippen molar-refractivity contribution in [2.24, 2.45) is 11.7 Å². The van der Waals surface area contributed by atoms with Gasteiger partial charge in [0.2, 0.25) is 0 Å². The third-order valence-electron chi connectivity index (χ3n) is 4.20. The number of carbonyl (C=O) groups is 1. The van der Waals surface area contributed by atoms with Crippen LogP contribution in [0.5, 0.6) is 0 Å². The number of rotatable bonds is 3. The van der Waals surface area contributed by atoms with Crippen molar-refractivity contribution in [3.63, 3.8) is 0 Å². The lowest BCUT2D eigenvalue weighted by Crippen LogP contribution is -2.35. The van der Waals surface area contributed by atoms with Gasteiger partial charge in [0.1, 0.15) is 0 Å². The van der Waals surface area contributed by atoms with E-state index in [4.69, 9.17) is 10.5 Å². The second-order valence-corrected chi connectivity index (χ2v) is 5.98. The highest BCUT2D eigenvalue weighted by Crippen LogP contribution is 2.37. The summed E-state index contributed by atoms with van der Waals surface area (Å²) in [5.74, 6) is 0.00435. The average Bonchev–Trinajstić information content (AvgIpc) is 2.58. The van der Waals surface area contributed by atoms with Crippen molar-refractivity contribution in [1.82, 2.24) is 0 Å². The smallest absolute Gasteiger partial charge is 0.416 e. The Morgan fingerprint density at radius 3 is 2.48 bits per heavy atom. The minimum atomic E-state index is -4.36. The molecule has 3 rings (SSSR count). The first-order valence-electron chi connectivity index (χ1n) is 7.79. The number of carbonyl (C=O) groups excluding carboxylic acids is 1. The van der Waals surface area contributed by atoms with Gasteiger partial charge in [-0.1, -0.05) is 18.2 Å². The highest BCUT2D eigenvalue weighted by molar-refractivity contribution is 5.68. The minimum Gasteiger partial charge on any atom is -0.449 e. The number of nitrogens with two attached hydrogens (primary N) is 1. The highest BCUT2D eigenvalue weighted by atomic mass is 19.4. The molecule has 25 heavy (non-hydrogen) atoms. The lowest BCUT2D eigenvalue weighted by atomic mass is 9.92. The second kappa shape index (κ2) is 6.66. The summed E-state index contributed by atoms with van der Waals surface area (Å²) in [7, 11) is 0. The summed E-state index contributed by atoms with van der Waals surface area (Å²) in [5.41, 5.74) is 6.99. The number of primary amides is 1. The number of benzene rings is 2. The first kappa shape index (κ1) is 17.1. The average molecular weight is 350 g/mol. The van der Waals surface area contributed by atoms with Gasteiger partial charge in [-0.15, -0.1) is 0 Å². The summed E-state index contributed by atoms with van der Waals surface area (Å²) < 4.78 is 43.2. The van der Waals surface area contributed by atoms with E-state index in [2.05, 4.69) is 0 Å². The first-order valence-corrected chi connectivity index (χ1v) is 7.79. The monoisotopic (exact) mass is 350 g/mol. The molecule has 0 aromatic heterocycles. The zero-order valence-corrected chi connectivity index (χ0v) is 13.3. The normalized spacial score (nSPS) is 17.1. The lowest BCUT2D eigenvalue weighted by molar-refractivity contribution is -0.137. The summed E-state index contributed by atoms with van der Waals surface area (Å²) in [6, 6.07) is 12.7. The zero-order valence-electron chi connectivity index (χ0n) is 13.3. The van der Waals surface area contributed by atoms with Crippen molar-refractivity contribution < 1.29 is 22.7 Å². The molecular formula is C18H17F3N2O2. The number of anilines is 2. The van der Waals surface area contributed by atoms with Crippen LogP contribution in [-0.4, -0.2) is 19.2 Å². The van der Waals surface area contributed by atoms with Crippen molar-refractivity contribution in [1.29, 1.82) is 0 Å². The van der Waals surface area contributed by atoms with Crippen LogP contribution in [0.3, 0.4) is 0 Å². The van der Waals surface area contributed by atoms with Gasteiger partial charge < -0.3 is 15.4 Å². The minimum absolute atomic E-state index is 0.00435. The summed E-state index contributed by atoms with van der Waals surface area (Å²) in [5, 5.41) is 0. The number of nitrogens with zero attached hydrogens (tertiary/aromatic N) is 1. The molecule has 0 saturated heterocycles. The fourth-order valence-electron chi connectivity index (χ4n) is 3.07. The summed E-state index contributed by atoms with van der Waals surface area (Å²) >= 11 is 0. The Balaban J connectivity index is 1.89. The van der Waals surface area contributed by atoms with Crippen LogP contribution in [0.4, 0.5) is 29.3 Å². The maximum atomic E-state index is 12.8. The van der Waals surface area contributed by atoms with Gasteiger partial charge in [0.15, 0.2) is 0 Å². The number of alkyl halides is 3. The van der Waals surface area contributed by atoms with E-state index in [1.165, 1.54) is 12.1 Å². The number of hydrogen-bond donors (Lipinski definition) is 1. The molecule has 1 aliphatic rings. The Kier molecular flexibility index (Phi) is 4.57. The van der Waals surface area contributed by atoms with Crippen LogP contribution in [0.1, 0.15) is 11.1 Å². The van der Waals surface area contributed by atoms with Gasteiger partial charge in [-0.25, -0.2) is 4.79 Å². The van der Waals surface area contributed by atoms with Gasteiger partial charge in [0.25, 0.3) is 0 Å².